The first-order valence-electron chi connectivity index (χ1n) is 3.81. The van der Waals surface area contributed by atoms with Crippen LogP contribution < -0.4 is 0 Å². The van der Waals surface area contributed by atoms with Crippen molar-refractivity contribution >= 4 is 11.3 Å². The summed E-state index contributed by atoms with van der Waals surface area (Å²) in [5, 5.41) is 2.05. The van der Waals surface area contributed by atoms with Crippen LogP contribution in [0.4, 0.5) is 0 Å². The van der Waals surface area contributed by atoms with E-state index in [9.17, 15) is 0 Å². The molecule has 1 atom stereocenters. The smallest absolute Gasteiger partial charge is 0.129 e. The van der Waals surface area contributed by atoms with Crippen LogP contribution in [0.2, 0.25) is 0 Å². The van der Waals surface area contributed by atoms with Crippen molar-refractivity contribution in [1.29, 1.82) is 0 Å². The lowest BCUT2D eigenvalue weighted by atomic mass is 10.3. The van der Waals surface area contributed by atoms with Crippen molar-refractivity contribution in [3.63, 3.8) is 0 Å². The molecular weight excluding hydrogens is 168 g/mol. The molecule has 12 heavy (non-hydrogen) atoms. The second-order valence-corrected chi connectivity index (χ2v) is 3.34. The molecule has 0 saturated heterocycles. The molecule has 1 nitrogen and oxygen atoms in total. The molecule has 0 spiro atoms. The predicted octanol–water partition coefficient (Wildman–Crippen LogP) is 3.53. The Morgan fingerprint density at radius 2 is 2.50 bits per heavy atom. The van der Waals surface area contributed by atoms with Gasteiger partial charge in [0.15, 0.2) is 0 Å². The van der Waals surface area contributed by atoms with Gasteiger partial charge < -0.3 is 4.74 Å². The number of rotatable bonds is 4. The third-order valence-corrected chi connectivity index (χ3v) is 2.47. The summed E-state index contributed by atoms with van der Waals surface area (Å²) in [6, 6.07) is 4.09. The maximum absolute atomic E-state index is 5.39. The van der Waals surface area contributed by atoms with Crippen molar-refractivity contribution < 1.29 is 4.74 Å². The zero-order chi connectivity index (χ0) is 8.81. The van der Waals surface area contributed by atoms with E-state index in [4.69, 9.17) is 4.74 Å². The quantitative estimate of drug-likeness (QED) is 0.509. The van der Waals surface area contributed by atoms with Gasteiger partial charge in [0.25, 0.3) is 0 Å². The van der Waals surface area contributed by atoms with Gasteiger partial charge in [-0.05, 0) is 24.4 Å². The van der Waals surface area contributed by atoms with Crippen molar-refractivity contribution in [2.24, 2.45) is 0 Å². The van der Waals surface area contributed by atoms with Gasteiger partial charge in [0.2, 0.25) is 0 Å². The molecule has 0 N–H and O–H groups in total. The zero-order valence-corrected chi connectivity index (χ0v) is 7.88. The SMILES string of the molecule is C=CC=COC(C)c1cccs1. The second-order valence-electron chi connectivity index (χ2n) is 2.36. The minimum absolute atomic E-state index is 0.140. The van der Waals surface area contributed by atoms with Crippen LogP contribution in [-0.4, -0.2) is 0 Å². The molecular formula is C10H12OS. The standard InChI is InChI=1S/C10H12OS/c1-3-4-7-11-9(2)10-6-5-8-12-10/h3-9H,1H2,2H3. The molecule has 0 radical (unpaired) electrons. The molecule has 1 unspecified atom stereocenters. The Kier molecular flexibility index (Phi) is 3.61. The highest BCUT2D eigenvalue weighted by Crippen LogP contribution is 2.21. The highest BCUT2D eigenvalue weighted by Gasteiger charge is 2.03. The number of hydrogen-bond donors (Lipinski definition) is 0. The molecule has 0 bridgehead atoms. The molecule has 1 aromatic heterocycles. The van der Waals surface area contributed by atoms with E-state index in [0.717, 1.165) is 0 Å². The van der Waals surface area contributed by atoms with Crippen LogP contribution in [0.3, 0.4) is 0 Å². The first-order valence-corrected chi connectivity index (χ1v) is 4.69. The lowest BCUT2D eigenvalue weighted by Crippen LogP contribution is -1.90. The molecule has 0 fully saturated rings. The Morgan fingerprint density at radius 3 is 3.08 bits per heavy atom. The van der Waals surface area contributed by atoms with Gasteiger partial charge in [-0.15, -0.1) is 11.3 Å². The van der Waals surface area contributed by atoms with E-state index in [1.165, 1.54) is 4.88 Å². The molecule has 1 heterocycles. The molecule has 0 aliphatic rings. The van der Waals surface area contributed by atoms with Crippen LogP contribution >= 0.6 is 11.3 Å². The molecule has 0 aliphatic carbocycles. The average molecular weight is 180 g/mol. The van der Waals surface area contributed by atoms with E-state index in [2.05, 4.69) is 12.6 Å². The van der Waals surface area contributed by atoms with E-state index < -0.39 is 0 Å². The summed E-state index contributed by atoms with van der Waals surface area (Å²) in [7, 11) is 0. The van der Waals surface area contributed by atoms with Gasteiger partial charge in [-0.25, -0.2) is 0 Å². The van der Waals surface area contributed by atoms with E-state index in [1.807, 2.05) is 18.4 Å². The van der Waals surface area contributed by atoms with Gasteiger partial charge in [0.1, 0.15) is 6.10 Å². The molecule has 0 aromatic carbocycles. The minimum Gasteiger partial charge on any atom is -0.493 e. The number of thiophene rings is 1. The normalized spacial score (nSPS) is 13.1. The van der Waals surface area contributed by atoms with E-state index in [0.29, 0.717) is 0 Å². The van der Waals surface area contributed by atoms with Crippen LogP contribution in [0.25, 0.3) is 0 Å². The van der Waals surface area contributed by atoms with Gasteiger partial charge in [0.05, 0.1) is 6.26 Å². The Bertz CT molecular complexity index is 249. The van der Waals surface area contributed by atoms with Crippen LogP contribution in [0.5, 0.6) is 0 Å². The number of hydrogen-bond acceptors (Lipinski definition) is 2. The molecule has 0 saturated carbocycles. The summed E-state index contributed by atoms with van der Waals surface area (Å²) in [6.07, 6.45) is 5.28. The van der Waals surface area contributed by atoms with Crippen LogP contribution in [0, 0.1) is 0 Å². The van der Waals surface area contributed by atoms with E-state index >= 15 is 0 Å². The Hall–Kier alpha value is -1.02. The summed E-state index contributed by atoms with van der Waals surface area (Å²) in [4.78, 5) is 1.24. The first-order chi connectivity index (χ1) is 5.84. The van der Waals surface area contributed by atoms with Gasteiger partial charge in [-0.2, -0.15) is 0 Å². The van der Waals surface area contributed by atoms with Crippen LogP contribution in [-0.2, 0) is 4.74 Å². The van der Waals surface area contributed by atoms with Gasteiger partial charge >= 0.3 is 0 Å². The first kappa shape index (κ1) is 9.07. The summed E-state index contributed by atoms with van der Waals surface area (Å²) in [5.74, 6) is 0. The van der Waals surface area contributed by atoms with Crippen LogP contribution in [0.1, 0.15) is 17.9 Å². The third-order valence-electron chi connectivity index (χ3n) is 1.44. The fourth-order valence-corrected chi connectivity index (χ4v) is 1.53. The molecule has 0 aliphatic heterocycles. The Morgan fingerprint density at radius 1 is 1.67 bits per heavy atom. The monoisotopic (exact) mass is 180 g/mol. The summed E-state index contributed by atoms with van der Waals surface area (Å²) in [5.41, 5.74) is 0. The van der Waals surface area contributed by atoms with Crippen LogP contribution in [0.15, 0.2) is 42.5 Å². The van der Waals surface area contributed by atoms with Crippen molar-refractivity contribution in [2.45, 2.75) is 13.0 Å². The fourth-order valence-electron chi connectivity index (χ4n) is 0.808. The van der Waals surface area contributed by atoms with Crippen molar-refractivity contribution in [2.75, 3.05) is 0 Å². The molecule has 0 amide bonds. The zero-order valence-electron chi connectivity index (χ0n) is 7.07. The van der Waals surface area contributed by atoms with Gasteiger partial charge in [-0.1, -0.05) is 18.7 Å². The predicted molar refractivity (Wildman–Crippen MR) is 53.2 cm³/mol. The number of ether oxygens (including phenoxy) is 1. The van der Waals surface area contributed by atoms with Crippen molar-refractivity contribution in [3.05, 3.63) is 47.4 Å². The Labute approximate surface area is 77.0 Å². The van der Waals surface area contributed by atoms with E-state index in [1.54, 1.807) is 29.8 Å². The maximum Gasteiger partial charge on any atom is 0.129 e. The lowest BCUT2D eigenvalue weighted by Gasteiger charge is -2.07. The minimum atomic E-state index is 0.140. The largest absolute Gasteiger partial charge is 0.493 e. The molecule has 64 valence electrons. The maximum atomic E-state index is 5.39. The lowest BCUT2D eigenvalue weighted by molar-refractivity contribution is 0.167. The van der Waals surface area contributed by atoms with Gasteiger partial charge in [-0.3, -0.25) is 0 Å². The summed E-state index contributed by atoms with van der Waals surface area (Å²) in [6.45, 7) is 5.58. The Balaban J connectivity index is 2.44. The second kappa shape index (κ2) is 4.78. The fraction of sp³-hybridized carbons (Fsp3) is 0.200. The topological polar surface area (TPSA) is 9.23 Å². The summed E-state index contributed by atoms with van der Waals surface area (Å²) >= 11 is 1.70. The molecule has 1 rings (SSSR count). The number of allylic oxidation sites excluding steroid dienone is 2. The third kappa shape index (κ3) is 2.55. The van der Waals surface area contributed by atoms with Crippen molar-refractivity contribution in [3.8, 4) is 0 Å². The highest BCUT2D eigenvalue weighted by atomic mass is 32.1. The van der Waals surface area contributed by atoms with Crippen molar-refractivity contribution in [1.82, 2.24) is 0 Å². The highest BCUT2D eigenvalue weighted by molar-refractivity contribution is 7.10. The molecule has 1 aromatic rings. The average Bonchev–Trinajstić information content (AvgIpc) is 2.56. The van der Waals surface area contributed by atoms with Gasteiger partial charge in [0, 0.05) is 4.88 Å². The summed E-state index contributed by atoms with van der Waals surface area (Å²) < 4.78 is 5.39. The van der Waals surface area contributed by atoms with E-state index in [-0.39, 0.29) is 6.10 Å². The molecule has 2 heteroatoms.